The van der Waals surface area contributed by atoms with E-state index in [2.05, 4.69) is 37.5 Å². The Morgan fingerprint density at radius 2 is 2.03 bits per heavy atom. The largest absolute Gasteiger partial charge is 0.493 e. The van der Waals surface area contributed by atoms with Crippen molar-refractivity contribution in [2.75, 3.05) is 19.1 Å². The summed E-state index contributed by atoms with van der Waals surface area (Å²) in [4.78, 5) is 22.3. The van der Waals surface area contributed by atoms with Crippen molar-refractivity contribution < 1.29 is 9.47 Å². The first-order chi connectivity index (χ1) is 16.0. The molecule has 8 heteroatoms. The summed E-state index contributed by atoms with van der Waals surface area (Å²) in [5, 5.41) is 4.22. The molecule has 2 heterocycles. The first kappa shape index (κ1) is 22.5. The maximum Gasteiger partial charge on any atom is 0.257 e. The van der Waals surface area contributed by atoms with Crippen molar-refractivity contribution >= 4 is 12.2 Å². The van der Waals surface area contributed by atoms with Gasteiger partial charge in [-0.15, -0.1) is 0 Å². The number of methoxy groups -OCH3 is 1. The van der Waals surface area contributed by atoms with Crippen LogP contribution < -0.4 is 20.5 Å². The molecule has 8 nitrogen and oxygen atoms in total. The van der Waals surface area contributed by atoms with E-state index in [1.165, 1.54) is 5.56 Å². The van der Waals surface area contributed by atoms with Crippen molar-refractivity contribution in [3.63, 3.8) is 0 Å². The highest BCUT2D eigenvalue weighted by atomic mass is 16.5. The molecule has 0 amide bonds. The minimum Gasteiger partial charge on any atom is -0.493 e. The highest BCUT2D eigenvalue weighted by molar-refractivity contribution is 5.81. The third-order valence-electron chi connectivity index (χ3n) is 5.33. The standard InChI is InChI=1S/C25H29N5O3/c1-17(2)33-22-10-9-19(13-23(22)32-3)14-26-29-25-27-21-11-12-30(16-20(21)24(31)28-25)15-18-7-5-4-6-8-18/h4-10,13-14,17H,11-12,15-16H2,1-3H3,(H2,27,28,29,31)/b26-14-. The summed E-state index contributed by atoms with van der Waals surface area (Å²) >= 11 is 0. The molecule has 0 spiro atoms. The molecule has 0 radical (unpaired) electrons. The van der Waals surface area contributed by atoms with Crippen LogP contribution in [0.1, 0.15) is 36.2 Å². The fourth-order valence-electron chi connectivity index (χ4n) is 3.79. The van der Waals surface area contributed by atoms with Crippen LogP contribution in [0.4, 0.5) is 5.95 Å². The molecule has 0 saturated heterocycles. The van der Waals surface area contributed by atoms with Crippen LogP contribution >= 0.6 is 0 Å². The minimum atomic E-state index is -0.132. The second-order valence-electron chi connectivity index (χ2n) is 8.23. The molecule has 1 aliphatic heterocycles. The smallest absolute Gasteiger partial charge is 0.257 e. The number of fused-ring (bicyclic) bond motifs is 1. The van der Waals surface area contributed by atoms with Crippen LogP contribution in [0.15, 0.2) is 58.4 Å². The van der Waals surface area contributed by atoms with Crippen molar-refractivity contribution in [1.29, 1.82) is 0 Å². The number of aromatic amines is 1. The summed E-state index contributed by atoms with van der Waals surface area (Å²) in [7, 11) is 1.60. The van der Waals surface area contributed by atoms with Gasteiger partial charge in [0.05, 0.1) is 30.7 Å². The number of ether oxygens (including phenoxy) is 2. The summed E-state index contributed by atoms with van der Waals surface area (Å²) in [5.74, 6) is 1.64. The zero-order chi connectivity index (χ0) is 23.2. The molecule has 1 aromatic heterocycles. The number of nitrogens with zero attached hydrogens (tertiary/aromatic N) is 3. The van der Waals surface area contributed by atoms with Crippen LogP contribution in [0, 0.1) is 0 Å². The van der Waals surface area contributed by atoms with E-state index in [1.807, 2.05) is 50.2 Å². The maximum absolute atomic E-state index is 12.7. The summed E-state index contributed by atoms with van der Waals surface area (Å²) < 4.78 is 11.1. The molecule has 0 bridgehead atoms. The topological polar surface area (TPSA) is 91.8 Å². The van der Waals surface area contributed by atoms with Gasteiger partial charge in [0.1, 0.15) is 0 Å². The number of H-pyrrole nitrogens is 1. The fraction of sp³-hybridized carbons (Fsp3) is 0.320. The quantitative estimate of drug-likeness (QED) is 0.405. The van der Waals surface area contributed by atoms with Crippen molar-refractivity contribution in [1.82, 2.24) is 14.9 Å². The van der Waals surface area contributed by atoms with Crippen LogP contribution in [-0.4, -0.2) is 40.8 Å². The highest BCUT2D eigenvalue weighted by Gasteiger charge is 2.21. The Bertz CT molecular complexity index is 1170. The van der Waals surface area contributed by atoms with Crippen molar-refractivity contribution in [2.24, 2.45) is 5.10 Å². The predicted molar refractivity (Wildman–Crippen MR) is 129 cm³/mol. The molecule has 172 valence electrons. The number of hydrazone groups is 1. The Labute approximate surface area is 193 Å². The Morgan fingerprint density at radius 3 is 2.79 bits per heavy atom. The zero-order valence-electron chi connectivity index (χ0n) is 19.2. The van der Waals surface area contributed by atoms with Gasteiger partial charge in [0, 0.05) is 26.1 Å². The number of hydrogen-bond acceptors (Lipinski definition) is 7. The minimum absolute atomic E-state index is 0.0532. The van der Waals surface area contributed by atoms with E-state index in [0.29, 0.717) is 24.0 Å². The lowest BCUT2D eigenvalue weighted by molar-refractivity contribution is 0.230. The molecule has 0 saturated carbocycles. The third-order valence-corrected chi connectivity index (χ3v) is 5.33. The Morgan fingerprint density at radius 1 is 1.21 bits per heavy atom. The van der Waals surface area contributed by atoms with E-state index in [0.717, 1.165) is 36.3 Å². The molecule has 0 unspecified atom stereocenters. The van der Waals surface area contributed by atoms with E-state index in [4.69, 9.17) is 9.47 Å². The van der Waals surface area contributed by atoms with Crippen molar-refractivity contribution in [3.05, 3.63) is 81.3 Å². The summed E-state index contributed by atoms with van der Waals surface area (Å²) in [6.45, 7) is 6.18. The lowest BCUT2D eigenvalue weighted by atomic mass is 10.1. The van der Waals surface area contributed by atoms with Crippen molar-refractivity contribution in [3.8, 4) is 11.5 Å². The summed E-state index contributed by atoms with van der Waals surface area (Å²) in [5.41, 5.74) is 6.30. The molecule has 1 aliphatic rings. The molecule has 4 rings (SSSR count). The molecular weight excluding hydrogens is 418 g/mol. The molecule has 2 aromatic carbocycles. The van der Waals surface area contributed by atoms with Gasteiger partial charge >= 0.3 is 0 Å². The number of rotatable bonds is 8. The van der Waals surface area contributed by atoms with E-state index >= 15 is 0 Å². The number of anilines is 1. The molecule has 2 N–H and O–H groups in total. The van der Waals surface area contributed by atoms with E-state index in [-0.39, 0.29) is 11.7 Å². The first-order valence-electron chi connectivity index (χ1n) is 11.0. The van der Waals surface area contributed by atoms with Crippen LogP contribution in [-0.2, 0) is 19.5 Å². The monoisotopic (exact) mass is 447 g/mol. The van der Waals surface area contributed by atoms with Gasteiger partial charge in [-0.25, -0.2) is 10.4 Å². The van der Waals surface area contributed by atoms with E-state index in [9.17, 15) is 4.79 Å². The molecule has 33 heavy (non-hydrogen) atoms. The molecule has 0 atom stereocenters. The van der Waals surface area contributed by atoms with Crippen LogP contribution in [0.5, 0.6) is 11.5 Å². The van der Waals surface area contributed by atoms with Gasteiger partial charge in [-0.2, -0.15) is 5.10 Å². The van der Waals surface area contributed by atoms with Crippen LogP contribution in [0.3, 0.4) is 0 Å². The third kappa shape index (κ3) is 5.78. The Hall–Kier alpha value is -3.65. The van der Waals surface area contributed by atoms with Gasteiger partial charge in [0.2, 0.25) is 5.95 Å². The van der Waals surface area contributed by atoms with E-state index in [1.54, 1.807) is 13.3 Å². The average Bonchev–Trinajstić information content (AvgIpc) is 2.81. The van der Waals surface area contributed by atoms with Crippen molar-refractivity contribution in [2.45, 2.75) is 39.5 Å². The lowest BCUT2D eigenvalue weighted by Crippen LogP contribution is -2.35. The van der Waals surface area contributed by atoms with E-state index < -0.39 is 0 Å². The zero-order valence-corrected chi connectivity index (χ0v) is 19.2. The predicted octanol–water partition coefficient (Wildman–Crippen LogP) is 3.57. The second-order valence-corrected chi connectivity index (χ2v) is 8.23. The average molecular weight is 448 g/mol. The second kappa shape index (κ2) is 10.3. The van der Waals surface area contributed by atoms with Gasteiger partial charge in [-0.05, 0) is 43.2 Å². The van der Waals surface area contributed by atoms with Gasteiger partial charge < -0.3 is 9.47 Å². The van der Waals surface area contributed by atoms with Crippen LogP contribution in [0.2, 0.25) is 0 Å². The number of hydrogen-bond donors (Lipinski definition) is 2. The van der Waals surface area contributed by atoms with Gasteiger partial charge in [-0.1, -0.05) is 30.3 Å². The fourth-order valence-corrected chi connectivity index (χ4v) is 3.79. The molecule has 0 fully saturated rings. The van der Waals surface area contributed by atoms with Crippen LogP contribution in [0.25, 0.3) is 0 Å². The van der Waals surface area contributed by atoms with Gasteiger partial charge in [-0.3, -0.25) is 14.7 Å². The first-order valence-corrected chi connectivity index (χ1v) is 11.0. The SMILES string of the molecule is COc1cc(/C=N\Nc2nc3c(c(=O)[nH]2)CN(Cc2ccccc2)CC3)ccc1OC(C)C. The highest BCUT2D eigenvalue weighted by Crippen LogP contribution is 2.28. The van der Waals surface area contributed by atoms with Gasteiger partial charge in [0.25, 0.3) is 5.56 Å². The normalized spacial score (nSPS) is 13.8. The summed E-state index contributed by atoms with van der Waals surface area (Å²) in [6, 6.07) is 15.8. The molecule has 0 aliphatic carbocycles. The Balaban J connectivity index is 1.42. The lowest BCUT2D eigenvalue weighted by Gasteiger charge is -2.27. The summed E-state index contributed by atoms with van der Waals surface area (Å²) in [6.07, 6.45) is 2.42. The number of benzene rings is 2. The Kier molecular flexibility index (Phi) is 7.04. The van der Waals surface area contributed by atoms with Gasteiger partial charge in [0.15, 0.2) is 11.5 Å². The molecule has 3 aromatic rings. The maximum atomic E-state index is 12.7. The molecular formula is C25H29N5O3. The number of aromatic nitrogens is 2. The number of nitrogens with one attached hydrogen (secondary N) is 2.